The molecular weight excluding hydrogens is 609 g/mol. The summed E-state index contributed by atoms with van der Waals surface area (Å²) in [6, 6.07) is 46.9. The van der Waals surface area contributed by atoms with Crippen LogP contribution in [0.15, 0.2) is 146 Å². The van der Waals surface area contributed by atoms with Gasteiger partial charge in [-0.25, -0.2) is 9.97 Å². The van der Waals surface area contributed by atoms with Crippen molar-refractivity contribution < 1.29 is 0 Å². The fourth-order valence-electron chi connectivity index (χ4n) is 6.91. The van der Waals surface area contributed by atoms with Gasteiger partial charge in [-0.3, -0.25) is 9.97 Å². The van der Waals surface area contributed by atoms with E-state index in [4.69, 9.17) is 9.97 Å². The molecule has 0 N–H and O–H groups in total. The summed E-state index contributed by atoms with van der Waals surface area (Å²) in [5.74, 6) is 0. The van der Waals surface area contributed by atoms with Crippen LogP contribution in [0, 0.1) is 27.7 Å². The zero-order chi connectivity index (χ0) is 34.2. The monoisotopic (exact) mass is 644 g/mol. The Bertz CT molecular complexity index is 2270. The van der Waals surface area contributed by atoms with Gasteiger partial charge in [0.15, 0.2) is 0 Å². The van der Waals surface area contributed by atoms with Gasteiger partial charge >= 0.3 is 0 Å². The van der Waals surface area contributed by atoms with Crippen molar-refractivity contribution in [1.82, 2.24) is 19.9 Å². The molecule has 5 aromatic carbocycles. The van der Waals surface area contributed by atoms with E-state index in [0.29, 0.717) is 0 Å². The van der Waals surface area contributed by atoms with Crippen molar-refractivity contribution in [3.05, 3.63) is 168 Å². The zero-order valence-corrected chi connectivity index (χ0v) is 28.6. The van der Waals surface area contributed by atoms with E-state index in [1.807, 2.05) is 48.8 Å². The van der Waals surface area contributed by atoms with Gasteiger partial charge < -0.3 is 0 Å². The highest BCUT2D eigenvalue weighted by Crippen LogP contribution is 2.39. The van der Waals surface area contributed by atoms with Crippen molar-refractivity contribution in [2.24, 2.45) is 0 Å². The molecule has 0 fully saturated rings. The average molecular weight is 645 g/mol. The Morgan fingerprint density at radius 2 is 0.700 bits per heavy atom. The standard InChI is InChI=1S/C46H36N4/c1-29-21-30(2)24-37(23-29)39-27-43-44(28-40(39)38-25-31(3)22-32(4)26-38)50-46(36-17-13-34(14-18-36)42-10-6-8-20-48-42)45(49-43)35-15-11-33(12-16-35)41-9-5-7-19-47-41/h5-28H,1-4H3. The lowest BCUT2D eigenvalue weighted by atomic mass is 9.90. The second kappa shape index (κ2) is 13.0. The van der Waals surface area contributed by atoms with E-state index in [-0.39, 0.29) is 0 Å². The molecule has 0 aliphatic carbocycles. The number of hydrogen-bond donors (Lipinski definition) is 0. The van der Waals surface area contributed by atoms with Gasteiger partial charge in [0, 0.05) is 34.6 Å². The summed E-state index contributed by atoms with van der Waals surface area (Å²) in [4.78, 5) is 19.9. The molecule has 0 saturated carbocycles. The molecule has 50 heavy (non-hydrogen) atoms. The van der Waals surface area contributed by atoms with Gasteiger partial charge in [0.2, 0.25) is 0 Å². The van der Waals surface area contributed by atoms with Gasteiger partial charge in [0.05, 0.1) is 33.8 Å². The molecule has 0 amide bonds. The van der Waals surface area contributed by atoms with Crippen LogP contribution in [0.5, 0.6) is 0 Å². The maximum atomic E-state index is 5.42. The lowest BCUT2D eigenvalue weighted by molar-refractivity contribution is 1.28. The van der Waals surface area contributed by atoms with Crippen LogP contribution in [-0.4, -0.2) is 19.9 Å². The van der Waals surface area contributed by atoms with Crippen molar-refractivity contribution in [1.29, 1.82) is 0 Å². The lowest BCUT2D eigenvalue weighted by Gasteiger charge is -2.17. The summed E-state index contributed by atoms with van der Waals surface area (Å²) >= 11 is 0. The first-order chi connectivity index (χ1) is 24.4. The van der Waals surface area contributed by atoms with Crippen molar-refractivity contribution >= 4 is 11.0 Å². The van der Waals surface area contributed by atoms with Gasteiger partial charge in [-0.2, -0.15) is 0 Å². The molecule has 0 saturated heterocycles. The van der Waals surface area contributed by atoms with E-state index in [1.165, 1.54) is 33.4 Å². The normalized spacial score (nSPS) is 11.2. The largest absolute Gasteiger partial charge is 0.256 e. The van der Waals surface area contributed by atoms with E-state index in [9.17, 15) is 0 Å². The van der Waals surface area contributed by atoms with Gasteiger partial charge in [-0.15, -0.1) is 0 Å². The highest BCUT2D eigenvalue weighted by atomic mass is 14.8. The van der Waals surface area contributed by atoms with Crippen LogP contribution >= 0.6 is 0 Å². The Kier molecular flexibility index (Phi) is 8.06. The Morgan fingerprint density at radius 1 is 0.340 bits per heavy atom. The third-order valence-electron chi connectivity index (χ3n) is 9.11. The maximum Gasteiger partial charge on any atom is 0.0973 e. The van der Waals surface area contributed by atoms with E-state index in [1.54, 1.807) is 0 Å². The molecular formula is C46H36N4. The number of aromatic nitrogens is 4. The summed E-state index contributed by atoms with van der Waals surface area (Å²) in [7, 11) is 0. The molecule has 3 heterocycles. The minimum absolute atomic E-state index is 0.834. The van der Waals surface area contributed by atoms with Crippen LogP contribution in [0.1, 0.15) is 22.3 Å². The number of benzene rings is 5. The number of rotatable bonds is 6. The molecule has 0 aliphatic rings. The Morgan fingerprint density at radius 3 is 1.04 bits per heavy atom. The van der Waals surface area contributed by atoms with Gasteiger partial charge in [0.1, 0.15) is 0 Å². The van der Waals surface area contributed by atoms with Crippen LogP contribution in [-0.2, 0) is 0 Å². The first-order valence-electron chi connectivity index (χ1n) is 16.9. The molecule has 240 valence electrons. The SMILES string of the molecule is Cc1cc(C)cc(-c2cc3nc(-c4ccc(-c5ccccn5)cc4)c(-c4ccc(-c5ccccn5)cc4)nc3cc2-c2cc(C)cc(C)c2)c1. The van der Waals surface area contributed by atoms with Gasteiger partial charge in [-0.05, 0) is 86.3 Å². The van der Waals surface area contributed by atoms with Crippen molar-refractivity contribution in [2.45, 2.75) is 27.7 Å². The molecule has 8 aromatic rings. The van der Waals surface area contributed by atoms with E-state index in [0.717, 1.165) is 67.2 Å². The van der Waals surface area contributed by atoms with Crippen LogP contribution in [0.4, 0.5) is 0 Å². The van der Waals surface area contributed by atoms with Crippen molar-refractivity contribution in [3.63, 3.8) is 0 Å². The van der Waals surface area contributed by atoms with E-state index >= 15 is 0 Å². The number of pyridine rings is 2. The second-order valence-electron chi connectivity index (χ2n) is 13.1. The molecule has 0 atom stereocenters. The molecule has 3 aromatic heterocycles. The summed E-state index contributed by atoms with van der Waals surface area (Å²) in [5.41, 5.74) is 18.9. The summed E-state index contributed by atoms with van der Waals surface area (Å²) in [5, 5.41) is 0. The van der Waals surface area contributed by atoms with Gasteiger partial charge in [0.25, 0.3) is 0 Å². The molecule has 0 radical (unpaired) electrons. The fourth-order valence-corrected chi connectivity index (χ4v) is 6.91. The minimum atomic E-state index is 0.834. The Labute approximate surface area is 293 Å². The molecule has 8 rings (SSSR count). The predicted molar refractivity (Wildman–Crippen MR) is 207 cm³/mol. The summed E-state index contributed by atoms with van der Waals surface area (Å²) in [6.07, 6.45) is 3.65. The first-order valence-corrected chi connectivity index (χ1v) is 16.9. The van der Waals surface area contributed by atoms with Crippen LogP contribution < -0.4 is 0 Å². The smallest absolute Gasteiger partial charge is 0.0973 e. The molecule has 0 unspecified atom stereocenters. The van der Waals surface area contributed by atoms with Crippen LogP contribution in [0.25, 0.3) is 78.3 Å². The number of hydrogen-bond acceptors (Lipinski definition) is 4. The lowest BCUT2D eigenvalue weighted by Crippen LogP contribution is -1.98. The second-order valence-corrected chi connectivity index (χ2v) is 13.1. The van der Waals surface area contributed by atoms with Crippen molar-refractivity contribution in [3.8, 4) is 67.3 Å². The number of fused-ring (bicyclic) bond motifs is 1. The highest BCUT2D eigenvalue weighted by molar-refractivity contribution is 5.96. The predicted octanol–water partition coefficient (Wildman–Crippen LogP) is 11.7. The van der Waals surface area contributed by atoms with Crippen LogP contribution in [0.3, 0.4) is 0 Å². The minimum Gasteiger partial charge on any atom is -0.256 e. The quantitative estimate of drug-likeness (QED) is 0.181. The molecule has 4 nitrogen and oxygen atoms in total. The van der Waals surface area contributed by atoms with E-state index in [2.05, 4.69) is 135 Å². The Balaban J connectivity index is 1.36. The number of nitrogens with zero attached hydrogens (tertiary/aromatic N) is 4. The zero-order valence-electron chi connectivity index (χ0n) is 28.6. The third kappa shape index (κ3) is 6.20. The molecule has 4 heteroatoms. The van der Waals surface area contributed by atoms with Gasteiger partial charge in [-0.1, -0.05) is 119 Å². The maximum absolute atomic E-state index is 5.42. The average Bonchev–Trinajstić information content (AvgIpc) is 3.14. The molecule has 0 aliphatic heterocycles. The van der Waals surface area contributed by atoms with Crippen LogP contribution in [0.2, 0.25) is 0 Å². The summed E-state index contributed by atoms with van der Waals surface area (Å²) in [6.45, 7) is 8.63. The summed E-state index contributed by atoms with van der Waals surface area (Å²) < 4.78 is 0. The molecule has 0 bridgehead atoms. The van der Waals surface area contributed by atoms with E-state index < -0.39 is 0 Å². The third-order valence-corrected chi connectivity index (χ3v) is 9.11. The van der Waals surface area contributed by atoms with Crippen molar-refractivity contribution in [2.75, 3.05) is 0 Å². The topological polar surface area (TPSA) is 51.6 Å². The fraction of sp³-hybridized carbons (Fsp3) is 0.0870. The Hall–Kier alpha value is -6.26. The first kappa shape index (κ1) is 31.0. The number of aryl methyl sites for hydroxylation is 4. The highest BCUT2D eigenvalue weighted by Gasteiger charge is 2.18. The molecule has 0 spiro atoms.